The van der Waals surface area contributed by atoms with Gasteiger partial charge in [-0.15, -0.1) is 0 Å². The van der Waals surface area contributed by atoms with E-state index in [-0.39, 0.29) is 36.6 Å². The molecule has 0 aliphatic carbocycles. The number of amides is 3. The van der Waals surface area contributed by atoms with E-state index in [0.29, 0.717) is 11.4 Å². The maximum atomic E-state index is 12.2. The highest BCUT2D eigenvalue weighted by Gasteiger charge is 2.31. The normalized spacial score (nSPS) is 21.6. The first-order valence-corrected chi connectivity index (χ1v) is 8.07. The van der Waals surface area contributed by atoms with Crippen LogP contribution in [0.5, 0.6) is 0 Å². The van der Waals surface area contributed by atoms with Gasteiger partial charge < -0.3 is 10.6 Å². The van der Waals surface area contributed by atoms with E-state index >= 15 is 0 Å². The maximum absolute atomic E-state index is 12.2. The number of nitrogens with zero attached hydrogens (tertiary/aromatic N) is 1. The fraction of sp³-hybridized carbons (Fsp3) is 0.471. The Hall–Kier alpha value is -2.21. The average Bonchev–Trinajstić information content (AvgIpc) is 2.88. The van der Waals surface area contributed by atoms with Crippen molar-refractivity contribution in [3.8, 4) is 0 Å². The molecule has 6 heteroatoms. The van der Waals surface area contributed by atoms with Crippen molar-refractivity contribution in [2.75, 3.05) is 16.8 Å². The van der Waals surface area contributed by atoms with E-state index in [1.54, 1.807) is 18.2 Å². The molecule has 23 heavy (non-hydrogen) atoms. The van der Waals surface area contributed by atoms with E-state index < -0.39 is 0 Å². The summed E-state index contributed by atoms with van der Waals surface area (Å²) < 4.78 is 0. The summed E-state index contributed by atoms with van der Waals surface area (Å²) in [5.74, 6) is -0.368. The van der Waals surface area contributed by atoms with Crippen LogP contribution in [0.4, 0.5) is 11.4 Å². The lowest BCUT2D eigenvalue weighted by molar-refractivity contribution is -0.121. The summed E-state index contributed by atoms with van der Waals surface area (Å²) >= 11 is 0. The molecule has 2 saturated heterocycles. The number of benzene rings is 1. The van der Waals surface area contributed by atoms with E-state index in [9.17, 15) is 14.4 Å². The fourth-order valence-corrected chi connectivity index (χ4v) is 3.13. The predicted molar refractivity (Wildman–Crippen MR) is 87.2 cm³/mol. The molecule has 1 aromatic rings. The van der Waals surface area contributed by atoms with Gasteiger partial charge in [0.1, 0.15) is 0 Å². The van der Waals surface area contributed by atoms with E-state index in [2.05, 4.69) is 10.6 Å². The third kappa shape index (κ3) is 3.27. The van der Waals surface area contributed by atoms with Crippen LogP contribution in [0, 0.1) is 6.92 Å². The largest absolute Gasteiger partial charge is 0.325 e. The summed E-state index contributed by atoms with van der Waals surface area (Å²) in [5.41, 5.74) is 2.08. The number of anilines is 2. The highest BCUT2D eigenvalue weighted by atomic mass is 16.2. The second-order valence-electron chi connectivity index (χ2n) is 6.12. The van der Waals surface area contributed by atoms with Gasteiger partial charge in [0, 0.05) is 18.5 Å². The second kappa shape index (κ2) is 6.50. The molecule has 6 nitrogen and oxygen atoms in total. The molecule has 1 atom stereocenters. The number of hydrogen-bond donors (Lipinski definition) is 2. The molecule has 1 unspecified atom stereocenters. The van der Waals surface area contributed by atoms with Crippen LogP contribution >= 0.6 is 0 Å². The molecule has 2 heterocycles. The molecule has 0 bridgehead atoms. The zero-order valence-electron chi connectivity index (χ0n) is 13.2. The van der Waals surface area contributed by atoms with Gasteiger partial charge in [-0.2, -0.15) is 0 Å². The van der Waals surface area contributed by atoms with E-state index in [1.807, 2.05) is 6.92 Å². The van der Waals surface area contributed by atoms with Crippen molar-refractivity contribution < 1.29 is 14.4 Å². The molecule has 2 aliphatic heterocycles. The zero-order valence-corrected chi connectivity index (χ0v) is 13.2. The van der Waals surface area contributed by atoms with Crippen LogP contribution in [0.25, 0.3) is 0 Å². The van der Waals surface area contributed by atoms with Crippen molar-refractivity contribution in [3.63, 3.8) is 0 Å². The van der Waals surface area contributed by atoms with Gasteiger partial charge in [-0.3, -0.25) is 19.3 Å². The molecular weight excluding hydrogens is 294 g/mol. The topological polar surface area (TPSA) is 78.5 Å². The zero-order chi connectivity index (χ0) is 16.4. The summed E-state index contributed by atoms with van der Waals surface area (Å²) in [6.07, 6.45) is 3.55. The Balaban J connectivity index is 1.73. The van der Waals surface area contributed by atoms with Gasteiger partial charge in [-0.1, -0.05) is 6.42 Å². The minimum atomic E-state index is -0.165. The third-order valence-electron chi connectivity index (χ3n) is 4.38. The van der Waals surface area contributed by atoms with Crippen LogP contribution in [0.15, 0.2) is 18.2 Å². The van der Waals surface area contributed by atoms with Crippen molar-refractivity contribution in [2.45, 2.75) is 45.1 Å². The van der Waals surface area contributed by atoms with Gasteiger partial charge in [-0.05, 0) is 50.1 Å². The minimum Gasteiger partial charge on any atom is -0.325 e. The summed E-state index contributed by atoms with van der Waals surface area (Å²) in [7, 11) is 0. The third-order valence-corrected chi connectivity index (χ3v) is 4.38. The fourth-order valence-electron chi connectivity index (χ4n) is 3.13. The lowest BCUT2D eigenvalue weighted by Crippen LogP contribution is -2.43. The van der Waals surface area contributed by atoms with Crippen molar-refractivity contribution in [3.05, 3.63) is 23.8 Å². The molecule has 3 rings (SSSR count). The van der Waals surface area contributed by atoms with Crippen LogP contribution in [-0.2, 0) is 14.4 Å². The van der Waals surface area contributed by atoms with Crippen molar-refractivity contribution in [2.24, 2.45) is 0 Å². The molecule has 0 aromatic heterocycles. The Kier molecular flexibility index (Phi) is 4.43. The van der Waals surface area contributed by atoms with Crippen molar-refractivity contribution >= 4 is 29.1 Å². The first-order chi connectivity index (χ1) is 11.1. The molecule has 0 radical (unpaired) electrons. The van der Waals surface area contributed by atoms with Gasteiger partial charge in [-0.25, -0.2) is 0 Å². The number of hydrogen-bond acceptors (Lipinski definition) is 4. The SMILES string of the molecule is Cc1cc(NC(=O)C2CCCCN2)ccc1N1C(=O)CCC1=O. The number of piperidine rings is 1. The number of rotatable bonds is 3. The average molecular weight is 315 g/mol. The van der Waals surface area contributed by atoms with Crippen LogP contribution in [0.1, 0.15) is 37.7 Å². The van der Waals surface area contributed by atoms with Crippen LogP contribution in [-0.4, -0.2) is 30.3 Å². The molecule has 1 aromatic carbocycles. The van der Waals surface area contributed by atoms with Gasteiger partial charge in [0.05, 0.1) is 11.7 Å². The number of imide groups is 1. The Bertz CT molecular complexity index is 634. The second-order valence-corrected chi connectivity index (χ2v) is 6.12. The monoisotopic (exact) mass is 315 g/mol. The summed E-state index contributed by atoms with van der Waals surface area (Å²) in [5, 5.41) is 6.11. The van der Waals surface area contributed by atoms with Gasteiger partial charge in [0.15, 0.2) is 0 Å². The Morgan fingerprint density at radius 3 is 2.57 bits per heavy atom. The van der Waals surface area contributed by atoms with E-state index in [0.717, 1.165) is 31.4 Å². The Labute approximate surface area is 135 Å². The highest BCUT2D eigenvalue weighted by molar-refractivity contribution is 6.20. The summed E-state index contributed by atoms with van der Waals surface area (Å²) in [6, 6.07) is 5.11. The van der Waals surface area contributed by atoms with Gasteiger partial charge in [0.2, 0.25) is 17.7 Å². The minimum absolute atomic E-state index is 0.0369. The van der Waals surface area contributed by atoms with Crippen LogP contribution < -0.4 is 15.5 Å². The lowest BCUT2D eigenvalue weighted by atomic mass is 10.0. The molecule has 0 saturated carbocycles. The Morgan fingerprint density at radius 2 is 1.96 bits per heavy atom. The van der Waals surface area contributed by atoms with Crippen LogP contribution in [0.2, 0.25) is 0 Å². The quantitative estimate of drug-likeness (QED) is 0.833. The number of carbonyl (C=O) groups excluding carboxylic acids is 3. The van der Waals surface area contributed by atoms with Crippen LogP contribution in [0.3, 0.4) is 0 Å². The smallest absolute Gasteiger partial charge is 0.241 e. The Morgan fingerprint density at radius 1 is 1.22 bits per heavy atom. The molecule has 2 aliphatic rings. The van der Waals surface area contributed by atoms with E-state index in [4.69, 9.17) is 0 Å². The number of aryl methyl sites for hydroxylation is 1. The molecular formula is C17H21N3O3. The summed E-state index contributed by atoms with van der Waals surface area (Å²) in [6.45, 7) is 2.71. The summed E-state index contributed by atoms with van der Waals surface area (Å²) in [4.78, 5) is 37.1. The van der Waals surface area contributed by atoms with Gasteiger partial charge >= 0.3 is 0 Å². The number of nitrogens with one attached hydrogen (secondary N) is 2. The van der Waals surface area contributed by atoms with Crippen molar-refractivity contribution in [1.82, 2.24) is 5.32 Å². The molecule has 122 valence electrons. The maximum Gasteiger partial charge on any atom is 0.241 e. The standard InChI is InChI=1S/C17H21N3O3/c1-11-10-12(19-17(23)13-4-2-3-9-18-13)5-6-14(11)20-15(21)7-8-16(20)22/h5-6,10,13,18H,2-4,7-9H2,1H3,(H,19,23). The molecule has 2 fully saturated rings. The van der Waals surface area contributed by atoms with Gasteiger partial charge in [0.25, 0.3) is 0 Å². The highest BCUT2D eigenvalue weighted by Crippen LogP contribution is 2.28. The van der Waals surface area contributed by atoms with E-state index in [1.165, 1.54) is 4.90 Å². The molecule has 0 spiro atoms. The first-order valence-electron chi connectivity index (χ1n) is 8.07. The predicted octanol–water partition coefficient (Wildman–Crippen LogP) is 1.73. The lowest BCUT2D eigenvalue weighted by Gasteiger charge is -2.23. The molecule has 3 amide bonds. The number of carbonyl (C=O) groups is 3. The molecule has 2 N–H and O–H groups in total. The van der Waals surface area contributed by atoms with Crippen molar-refractivity contribution in [1.29, 1.82) is 0 Å². The first kappa shape index (κ1) is 15.7.